The van der Waals surface area contributed by atoms with Crippen molar-refractivity contribution in [2.24, 2.45) is 0 Å². The van der Waals surface area contributed by atoms with E-state index in [1.165, 1.54) is 6.07 Å². The average Bonchev–Trinajstić information content (AvgIpc) is 2.01. The van der Waals surface area contributed by atoms with Crippen LogP contribution in [0.4, 0.5) is 0 Å². The van der Waals surface area contributed by atoms with Crippen molar-refractivity contribution in [1.82, 2.24) is 0 Å². The van der Waals surface area contributed by atoms with Gasteiger partial charge in [0.1, 0.15) is 5.75 Å². The van der Waals surface area contributed by atoms with Crippen LogP contribution >= 0.6 is 15.9 Å². The maximum absolute atomic E-state index is 11.2. The lowest BCUT2D eigenvalue weighted by Crippen LogP contribution is -1.99. The van der Waals surface area contributed by atoms with Crippen molar-refractivity contribution in [3.63, 3.8) is 0 Å². The smallest absolute Gasteiger partial charge is 0.173 e. The highest BCUT2D eigenvalue weighted by Crippen LogP contribution is 2.15. The summed E-state index contributed by atoms with van der Waals surface area (Å²) in [5.41, 5.74) is 1.43. The minimum absolute atomic E-state index is 0.0194. The number of benzene rings is 1. The van der Waals surface area contributed by atoms with E-state index in [-0.39, 0.29) is 16.9 Å². The molecule has 0 atom stereocenters. The summed E-state index contributed by atoms with van der Waals surface area (Å²) in [7, 11) is 0. The zero-order valence-electron chi connectivity index (χ0n) is 6.67. The molecule has 0 saturated carbocycles. The third kappa shape index (κ3) is 2.08. The Morgan fingerprint density at radius 1 is 1.50 bits per heavy atom. The van der Waals surface area contributed by atoms with Crippen molar-refractivity contribution in [3.05, 3.63) is 29.3 Å². The Morgan fingerprint density at radius 2 is 2.17 bits per heavy atom. The van der Waals surface area contributed by atoms with Gasteiger partial charge in [-0.15, -0.1) is 0 Å². The first-order chi connectivity index (χ1) is 5.63. The van der Waals surface area contributed by atoms with Crippen LogP contribution in [0.1, 0.15) is 15.9 Å². The molecule has 3 heteroatoms. The number of hydrogen-bond acceptors (Lipinski definition) is 2. The number of alkyl halides is 1. The van der Waals surface area contributed by atoms with Gasteiger partial charge in [-0.2, -0.15) is 0 Å². The van der Waals surface area contributed by atoms with Crippen LogP contribution in [0.5, 0.6) is 5.75 Å². The monoisotopic (exact) mass is 228 g/mol. The summed E-state index contributed by atoms with van der Waals surface area (Å²) in [6.45, 7) is 1.84. The first-order valence-corrected chi connectivity index (χ1v) is 4.65. The molecular formula is C9H9BrO2. The summed E-state index contributed by atoms with van der Waals surface area (Å²) in [6, 6.07) is 4.84. The molecule has 1 aromatic carbocycles. The topological polar surface area (TPSA) is 37.3 Å². The van der Waals surface area contributed by atoms with Crippen LogP contribution < -0.4 is 0 Å². The zero-order chi connectivity index (χ0) is 9.14. The predicted octanol–water partition coefficient (Wildman–Crippen LogP) is 2.28. The van der Waals surface area contributed by atoms with E-state index in [9.17, 15) is 9.90 Å². The van der Waals surface area contributed by atoms with Gasteiger partial charge >= 0.3 is 0 Å². The number of aryl methyl sites for hydroxylation is 1. The van der Waals surface area contributed by atoms with Gasteiger partial charge in [-0.05, 0) is 30.7 Å². The van der Waals surface area contributed by atoms with Crippen LogP contribution in [0.15, 0.2) is 18.2 Å². The van der Waals surface area contributed by atoms with E-state index >= 15 is 0 Å². The molecule has 0 aliphatic rings. The Kier molecular flexibility index (Phi) is 2.87. The molecule has 1 rings (SSSR count). The number of rotatable bonds is 2. The van der Waals surface area contributed by atoms with E-state index in [1.54, 1.807) is 12.1 Å². The zero-order valence-corrected chi connectivity index (χ0v) is 8.26. The van der Waals surface area contributed by atoms with Crippen molar-refractivity contribution in [2.45, 2.75) is 6.92 Å². The molecular weight excluding hydrogens is 220 g/mol. The number of hydrogen-bond donors (Lipinski definition) is 1. The molecule has 0 amide bonds. The van der Waals surface area contributed by atoms with Gasteiger partial charge in [0.2, 0.25) is 0 Å². The molecule has 0 radical (unpaired) electrons. The summed E-state index contributed by atoms with van der Waals surface area (Å²) >= 11 is 3.07. The quantitative estimate of drug-likeness (QED) is 0.623. The second kappa shape index (κ2) is 3.72. The van der Waals surface area contributed by atoms with Crippen LogP contribution in [-0.2, 0) is 0 Å². The van der Waals surface area contributed by atoms with E-state index < -0.39 is 0 Å². The van der Waals surface area contributed by atoms with Crippen LogP contribution in [0.25, 0.3) is 0 Å². The summed E-state index contributed by atoms with van der Waals surface area (Å²) in [4.78, 5) is 11.2. The number of phenols is 1. The van der Waals surface area contributed by atoms with E-state index in [1.807, 2.05) is 6.92 Å². The third-order valence-electron chi connectivity index (χ3n) is 1.51. The summed E-state index contributed by atoms with van der Waals surface area (Å²) in [5.74, 6) is 0.119. The van der Waals surface area contributed by atoms with Crippen LogP contribution in [-0.4, -0.2) is 16.2 Å². The molecule has 0 heterocycles. The number of Topliss-reactive ketones (excluding diaryl/α,β-unsaturated/α-hetero) is 1. The van der Waals surface area contributed by atoms with E-state index in [0.717, 1.165) is 5.56 Å². The van der Waals surface area contributed by atoms with Gasteiger partial charge in [-0.25, -0.2) is 0 Å². The van der Waals surface area contributed by atoms with E-state index in [4.69, 9.17) is 0 Å². The molecule has 1 aromatic rings. The summed E-state index contributed by atoms with van der Waals surface area (Å²) in [5, 5.41) is 9.46. The maximum atomic E-state index is 11.2. The fourth-order valence-corrected chi connectivity index (χ4v) is 1.32. The largest absolute Gasteiger partial charge is 0.508 e. The molecule has 1 N–H and O–H groups in total. The van der Waals surface area contributed by atoms with E-state index in [2.05, 4.69) is 15.9 Å². The first kappa shape index (κ1) is 9.26. The van der Waals surface area contributed by atoms with Gasteiger partial charge in [0, 0.05) is 5.56 Å². The highest BCUT2D eigenvalue weighted by Gasteiger charge is 2.04. The second-order valence-electron chi connectivity index (χ2n) is 2.61. The van der Waals surface area contributed by atoms with Gasteiger partial charge in [0.25, 0.3) is 0 Å². The fourth-order valence-electron chi connectivity index (χ4n) is 1.00. The number of phenolic OH excluding ortho intramolecular Hbond substituents is 1. The van der Waals surface area contributed by atoms with Crippen molar-refractivity contribution in [2.75, 3.05) is 5.33 Å². The number of halogens is 1. The standard InChI is InChI=1S/C9H9BrO2/c1-6-2-7(9(12)5-10)4-8(11)3-6/h2-4,11H,5H2,1H3. The highest BCUT2D eigenvalue weighted by atomic mass is 79.9. The minimum atomic E-state index is -0.0194. The average molecular weight is 229 g/mol. The van der Waals surface area contributed by atoms with Gasteiger partial charge < -0.3 is 5.11 Å². The highest BCUT2D eigenvalue weighted by molar-refractivity contribution is 9.09. The lowest BCUT2D eigenvalue weighted by molar-refractivity contribution is 0.102. The molecule has 0 fully saturated rings. The molecule has 0 saturated heterocycles. The summed E-state index contributed by atoms with van der Waals surface area (Å²) < 4.78 is 0. The molecule has 12 heavy (non-hydrogen) atoms. The Morgan fingerprint density at radius 3 is 2.67 bits per heavy atom. The first-order valence-electron chi connectivity index (χ1n) is 3.53. The molecule has 0 spiro atoms. The molecule has 0 aliphatic carbocycles. The van der Waals surface area contributed by atoms with Crippen molar-refractivity contribution in [1.29, 1.82) is 0 Å². The number of ketones is 1. The Balaban J connectivity index is 3.08. The lowest BCUT2D eigenvalue weighted by atomic mass is 10.1. The maximum Gasteiger partial charge on any atom is 0.173 e. The lowest BCUT2D eigenvalue weighted by Gasteiger charge is -2.00. The third-order valence-corrected chi connectivity index (χ3v) is 2.01. The predicted molar refractivity (Wildman–Crippen MR) is 51.0 cm³/mol. The number of carbonyl (C=O) groups is 1. The van der Waals surface area contributed by atoms with Crippen LogP contribution in [0.2, 0.25) is 0 Å². The van der Waals surface area contributed by atoms with Crippen molar-refractivity contribution >= 4 is 21.7 Å². The number of carbonyl (C=O) groups excluding carboxylic acids is 1. The second-order valence-corrected chi connectivity index (χ2v) is 3.17. The Labute approximate surface area is 79.3 Å². The van der Waals surface area contributed by atoms with Crippen LogP contribution in [0, 0.1) is 6.92 Å². The molecule has 0 bridgehead atoms. The molecule has 0 aliphatic heterocycles. The van der Waals surface area contributed by atoms with Crippen LogP contribution in [0.3, 0.4) is 0 Å². The molecule has 0 unspecified atom stereocenters. The minimum Gasteiger partial charge on any atom is -0.508 e. The SMILES string of the molecule is Cc1cc(O)cc(C(=O)CBr)c1. The van der Waals surface area contributed by atoms with Crippen molar-refractivity contribution in [3.8, 4) is 5.75 Å². The van der Waals surface area contributed by atoms with Gasteiger partial charge in [-0.3, -0.25) is 4.79 Å². The van der Waals surface area contributed by atoms with E-state index in [0.29, 0.717) is 5.56 Å². The molecule has 64 valence electrons. The molecule has 2 nitrogen and oxygen atoms in total. The summed E-state index contributed by atoms with van der Waals surface area (Å²) in [6.07, 6.45) is 0. The fraction of sp³-hybridized carbons (Fsp3) is 0.222. The Bertz CT molecular complexity index is 287. The van der Waals surface area contributed by atoms with Gasteiger partial charge in [0.15, 0.2) is 5.78 Å². The normalized spacial score (nSPS) is 9.83. The van der Waals surface area contributed by atoms with Crippen molar-refractivity contribution < 1.29 is 9.90 Å². The molecule has 0 aromatic heterocycles. The Hall–Kier alpha value is -0.830. The van der Waals surface area contributed by atoms with Gasteiger partial charge in [0.05, 0.1) is 5.33 Å². The number of aromatic hydroxyl groups is 1. The van der Waals surface area contributed by atoms with Gasteiger partial charge in [-0.1, -0.05) is 15.9 Å².